The first-order chi connectivity index (χ1) is 11.0. The van der Waals surface area contributed by atoms with Crippen LogP contribution in [0.25, 0.3) is 0 Å². The molecule has 0 unspecified atom stereocenters. The van der Waals surface area contributed by atoms with Gasteiger partial charge in [-0.15, -0.1) is 0 Å². The number of aryl methyl sites for hydroxylation is 1. The molecule has 0 atom stereocenters. The topological polar surface area (TPSA) is 76.3 Å². The average Bonchev–Trinajstić information content (AvgIpc) is 3.01. The molecule has 0 spiro atoms. The first-order valence-electron chi connectivity index (χ1n) is 7.85. The molecule has 2 aromatic rings. The Morgan fingerprint density at radius 2 is 1.91 bits per heavy atom. The summed E-state index contributed by atoms with van der Waals surface area (Å²) in [5.41, 5.74) is 0. The lowest BCUT2D eigenvalue weighted by atomic mass is 9.97. The lowest BCUT2D eigenvalue weighted by Gasteiger charge is -2.30. The fraction of sp³-hybridized carbons (Fsp3) is 0.500. The van der Waals surface area contributed by atoms with Gasteiger partial charge in [0, 0.05) is 12.5 Å². The molecule has 1 saturated heterocycles. The van der Waals surface area contributed by atoms with Crippen LogP contribution in [0.5, 0.6) is 0 Å². The van der Waals surface area contributed by atoms with Gasteiger partial charge in [0.05, 0.1) is 10.6 Å². The van der Waals surface area contributed by atoms with Gasteiger partial charge in [0.1, 0.15) is 0 Å². The molecule has 1 aromatic heterocycles. The Kier molecular flexibility index (Phi) is 4.77. The minimum Gasteiger partial charge on any atom is -0.339 e. The molecule has 1 aliphatic heterocycles. The Balaban J connectivity index is 1.51. The fourth-order valence-corrected chi connectivity index (χ4v) is 4.18. The Bertz CT molecular complexity index is 735. The zero-order valence-corrected chi connectivity index (χ0v) is 14.0. The highest BCUT2D eigenvalue weighted by atomic mass is 32.2. The highest BCUT2D eigenvalue weighted by molar-refractivity contribution is 7.91. The van der Waals surface area contributed by atoms with E-state index in [4.69, 9.17) is 4.52 Å². The zero-order chi connectivity index (χ0) is 16.3. The van der Waals surface area contributed by atoms with E-state index in [1.54, 1.807) is 24.3 Å². The smallest absolute Gasteiger partial charge is 0.229 e. The quantitative estimate of drug-likeness (QED) is 0.832. The van der Waals surface area contributed by atoms with E-state index < -0.39 is 9.84 Å². The number of hydrogen-bond acceptors (Lipinski definition) is 6. The predicted molar refractivity (Wildman–Crippen MR) is 85.9 cm³/mol. The van der Waals surface area contributed by atoms with Gasteiger partial charge in [-0.25, -0.2) is 8.42 Å². The van der Waals surface area contributed by atoms with E-state index in [2.05, 4.69) is 15.0 Å². The molecular weight excluding hydrogens is 314 g/mol. The number of sulfone groups is 1. The fourth-order valence-electron chi connectivity index (χ4n) is 2.88. The molecule has 0 aliphatic carbocycles. The van der Waals surface area contributed by atoms with Crippen LogP contribution in [0.15, 0.2) is 39.8 Å². The number of nitrogens with zero attached hydrogens (tertiary/aromatic N) is 3. The molecule has 23 heavy (non-hydrogen) atoms. The van der Waals surface area contributed by atoms with E-state index in [-0.39, 0.29) is 11.7 Å². The van der Waals surface area contributed by atoms with Crippen molar-refractivity contribution < 1.29 is 12.9 Å². The summed E-state index contributed by atoms with van der Waals surface area (Å²) < 4.78 is 29.8. The van der Waals surface area contributed by atoms with Crippen LogP contribution in [0.3, 0.4) is 0 Å². The summed E-state index contributed by atoms with van der Waals surface area (Å²) in [7, 11) is -3.20. The van der Waals surface area contributed by atoms with Crippen LogP contribution in [-0.2, 0) is 9.84 Å². The van der Waals surface area contributed by atoms with Gasteiger partial charge >= 0.3 is 0 Å². The second kappa shape index (κ2) is 6.80. The van der Waals surface area contributed by atoms with Gasteiger partial charge in [0.15, 0.2) is 15.7 Å². The number of aromatic nitrogens is 2. The third-order valence-corrected chi connectivity index (χ3v) is 5.97. The van der Waals surface area contributed by atoms with Crippen molar-refractivity contribution in [3.63, 3.8) is 0 Å². The second-order valence-corrected chi connectivity index (χ2v) is 8.04. The number of rotatable bonds is 5. The van der Waals surface area contributed by atoms with Crippen molar-refractivity contribution in [1.82, 2.24) is 15.0 Å². The largest absolute Gasteiger partial charge is 0.339 e. The van der Waals surface area contributed by atoms with Crippen molar-refractivity contribution >= 4 is 9.84 Å². The van der Waals surface area contributed by atoms with Gasteiger partial charge in [-0.1, -0.05) is 23.4 Å². The molecular formula is C16H21N3O3S. The van der Waals surface area contributed by atoms with Gasteiger partial charge in [-0.05, 0) is 45.0 Å². The zero-order valence-electron chi connectivity index (χ0n) is 13.2. The van der Waals surface area contributed by atoms with Gasteiger partial charge in [0.25, 0.3) is 0 Å². The predicted octanol–water partition coefficient (Wildman–Crippen LogP) is 2.03. The number of likely N-dealkylation sites (tertiary alicyclic amines) is 1. The van der Waals surface area contributed by atoms with Crippen molar-refractivity contribution in [3.05, 3.63) is 42.0 Å². The van der Waals surface area contributed by atoms with Crippen molar-refractivity contribution in [2.45, 2.75) is 30.6 Å². The summed E-state index contributed by atoms with van der Waals surface area (Å²) >= 11 is 0. The van der Waals surface area contributed by atoms with Gasteiger partial charge in [-0.2, -0.15) is 4.98 Å². The first kappa shape index (κ1) is 16.1. The third-order valence-electron chi connectivity index (χ3n) is 4.26. The molecule has 0 bridgehead atoms. The van der Waals surface area contributed by atoms with E-state index in [1.807, 2.05) is 13.0 Å². The van der Waals surface area contributed by atoms with Crippen molar-refractivity contribution in [2.75, 3.05) is 25.4 Å². The molecule has 7 heteroatoms. The molecule has 0 saturated carbocycles. The minimum atomic E-state index is -3.20. The van der Waals surface area contributed by atoms with Crippen molar-refractivity contribution in [1.29, 1.82) is 0 Å². The van der Waals surface area contributed by atoms with Crippen LogP contribution >= 0.6 is 0 Å². The Morgan fingerprint density at radius 3 is 2.52 bits per heavy atom. The molecule has 2 heterocycles. The Morgan fingerprint density at radius 1 is 1.22 bits per heavy atom. The third kappa shape index (κ3) is 3.97. The van der Waals surface area contributed by atoms with E-state index in [0.29, 0.717) is 23.2 Å². The van der Waals surface area contributed by atoms with Gasteiger partial charge < -0.3 is 9.42 Å². The monoisotopic (exact) mass is 335 g/mol. The molecule has 0 radical (unpaired) electrons. The lowest BCUT2D eigenvalue weighted by molar-refractivity contribution is 0.203. The van der Waals surface area contributed by atoms with Crippen LogP contribution < -0.4 is 0 Å². The summed E-state index contributed by atoms with van der Waals surface area (Å²) in [5, 5.41) is 3.83. The van der Waals surface area contributed by atoms with Gasteiger partial charge in [-0.3, -0.25) is 0 Å². The van der Waals surface area contributed by atoms with E-state index in [1.165, 1.54) is 0 Å². The molecule has 6 nitrogen and oxygen atoms in total. The van der Waals surface area contributed by atoms with Crippen molar-refractivity contribution in [2.24, 2.45) is 0 Å². The first-order valence-corrected chi connectivity index (χ1v) is 9.50. The molecule has 1 aliphatic rings. The molecule has 124 valence electrons. The summed E-state index contributed by atoms with van der Waals surface area (Å²) in [5.74, 6) is 1.81. The normalized spacial score (nSPS) is 17.4. The highest BCUT2D eigenvalue weighted by Gasteiger charge is 2.25. The summed E-state index contributed by atoms with van der Waals surface area (Å²) in [6.07, 6.45) is 1.85. The van der Waals surface area contributed by atoms with Crippen molar-refractivity contribution in [3.8, 4) is 0 Å². The van der Waals surface area contributed by atoms with Crippen LogP contribution in [0.2, 0.25) is 0 Å². The Hall–Kier alpha value is -1.73. The summed E-state index contributed by atoms with van der Waals surface area (Å²) in [4.78, 5) is 6.89. The maximum absolute atomic E-state index is 12.3. The standard InChI is InChI=1S/C16H21N3O3S/c1-13-17-16(22-18-13)14-7-9-19(10-8-14)11-12-23(20,21)15-5-3-2-4-6-15/h2-6,14H,7-12H2,1H3. The molecule has 1 aromatic carbocycles. The lowest BCUT2D eigenvalue weighted by Crippen LogP contribution is -2.36. The summed E-state index contributed by atoms with van der Waals surface area (Å²) in [6, 6.07) is 8.64. The molecule has 0 N–H and O–H groups in total. The minimum absolute atomic E-state index is 0.154. The average molecular weight is 335 g/mol. The maximum Gasteiger partial charge on any atom is 0.229 e. The van der Waals surface area contributed by atoms with Crippen LogP contribution in [-0.4, -0.2) is 48.8 Å². The SMILES string of the molecule is Cc1noc(C2CCN(CCS(=O)(=O)c3ccccc3)CC2)n1. The van der Waals surface area contributed by atoms with Crippen LogP contribution in [0.4, 0.5) is 0 Å². The number of benzene rings is 1. The number of hydrogen-bond donors (Lipinski definition) is 0. The number of piperidine rings is 1. The summed E-state index contributed by atoms with van der Waals surface area (Å²) in [6.45, 7) is 4.09. The Labute approximate surface area is 136 Å². The van der Waals surface area contributed by atoms with Crippen LogP contribution in [0.1, 0.15) is 30.5 Å². The van der Waals surface area contributed by atoms with E-state index >= 15 is 0 Å². The molecule has 0 amide bonds. The highest BCUT2D eigenvalue weighted by Crippen LogP contribution is 2.26. The molecule has 3 rings (SSSR count). The van der Waals surface area contributed by atoms with Crippen LogP contribution in [0, 0.1) is 6.92 Å². The molecule has 1 fully saturated rings. The van der Waals surface area contributed by atoms with Gasteiger partial charge in [0.2, 0.25) is 5.89 Å². The van der Waals surface area contributed by atoms with E-state index in [9.17, 15) is 8.42 Å². The second-order valence-electron chi connectivity index (χ2n) is 5.93. The van der Waals surface area contributed by atoms with E-state index in [0.717, 1.165) is 25.9 Å². The maximum atomic E-state index is 12.3.